The van der Waals surface area contributed by atoms with Gasteiger partial charge in [-0.15, -0.1) is 0 Å². The third kappa shape index (κ3) is 3.10. The molecular weight excluding hydrogens is 242 g/mol. The van der Waals surface area contributed by atoms with Gasteiger partial charge in [0.1, 0.15) is 0 Å². The lowest BCUT2D eigenvalue weighted by Gasteiger charge is -2.21. The molecule has 5 nitrogen and oxygen atoms in total. The number of carbonyl (C=O) groups excluding carboxylic acids is 1. The fourth-order valence-corrected chi connectivity index (χ4v) is 1.99. The second kappa shape index (κ2) is 5.11. The highest BCUT2D eigenvalue weighted by Gasteiger charge is 2.32. The number of oxime groups is 1. The lowest BCUT2D eigenvalue weighted by Crippen LogP contribution is -2.40. The van der Waals surface area contributed by atoms with Crippen LogP contribution in [0.4, 0.5) is 0 Å². The number of nitriles is 1. The van der Waals surface area contributed by atoms with E-state index in [1.807, 2.05) is 19.9 Å². The molecule has 1 aliphatic rings. The van der Waals surface area contributed by atoms with Gasteiger partial charge >= 0.3 is 0 Å². The first-order valence-electron chi connectivity index (χ1n) is 6.02. The SMILES string of the molecule is CC1=NO[C@@](C)(CNC(=O)c2cccc(C#N)c2)C1. The highest BCUT2D eigenvalue weighted by atomic mass is 16.7. The van der Waals surface area contributed by atoms with E-state index in [1.165, 1.54) is 0 Å². The van der Waals surface area contributed by atoms with Crippen molar-refractivity contribution in [2.45, 2.75) is 25.9 Å². The number of amides is 1. The molecule has 1 N–H and O–H groups in total. The number of nitrogens with zero attached hydrogens (tertiary/aromatic N) is 2. The maximum absolute atomic E-state index is 12.0. The summed E-state index contributed by atoms with van der Waals surface area (Å²) in [6.07, 6.45) is 0.700. The van der Waals surface area contributed by atoms with Gasteiger partial charge in [-0.25, -0.2) is 0 Å². The van der Waals surface area contributed by atoms with Crippen molar-refractivity contribution < 1.29 is 9.63 Å². The fourth-order valence-electron chi connectivity index (χ4n) is 1.99. The fraction of sp³-hybridized carbons (Fsp3) is 0.357. The Morgan fingerprint density at radius 3 is 3.05 bits per heavy atom. The average Bonchev–Trinajstić information content (AvgIpc) is 2.76. The van der Waals surface area contributed by atoms with Crippen molar-refractivity contribution in [3.8, 4) is 6.07 Å². The zero-order valence-corrected chi connectivity index (χ0v) is 10.9. The van der Waals surface area contributed by atoms with Gasteiger partial charge in [-0.2, -0.15) is 5.26 Å². The molecule has 5 heteroatoms. The zero-order chi connectivity index (χ0) is 13.9. The lowest BCUT2D eigenvalue weighted by atomic mass is 10.0. The van der Waals surface area contributed by atoms with Crippen LogP contribution in [0.5, 0.6) is 0 Å². The monoisotopic (exact) mass is 257 g/mol. The van der Waals surface area contributed by atoms with Crippen molar-refractivity contribution >= 4 is 11.6 Å². The maximum atomic E-state index is 12.0. The smallest absolute Gasteiger partial charge is 0.251 e. The van der Waals surface area contributed by atoms with Gasteiger partial charge in [-0.3, -0.25) is 4.79 Å². The molecule has 2 rings (SSSR count). The summed E-state index contributed by atoms with van der Waals surface area (Å²) in [5.41, 5.74) is 1.38. The zero-order valence-electron chi connectivity index (χ0n) is 10.9. The standard InChI is InChI=1S/C14H15N3O2/c1-10-7-14(2,19-17-10)9-16-13(18)12-5-3-4-11(6-12)8-15/h3-6H,7,9H2,1-2H3,(H,16,18)/t14-/m1/s1. The van der Waals surface area contributed by atoms with Gasteiger partial charge in [0.15, 0.2) is 5.60 Å². The molecule has 0 spiro atoms. The third-order valence-electron chi connectivity index (χ3n) is 2.93. The van der Waals surface area contributed by atoms with E-state index >= 15 is 0 Å². The van der Waals surface area contributed by atoms with Crippen LogP contribution in [-0.4, -0.2) is 23.8 Å². The molecule has 19 heavy (non-hydrogen) atoms. The molecular formula is C14H15N3O2. The molecule has 0 aliphatic carbocycles. The maximum Gasteiger partial charge on any atom is 0.251 e. The molecule has 1 atom stereocenters. The van der Waals surface area contributed by atoms with Gasteiger partial charge in [-0.1, -0.05) is 11.2 Å². The highest BCUT2D eigenvalue weighted by Crippen LogP contribution is 2.22. The Balaban J connectivity index is 1.97. The molecule has 0 aromatic heterocycles. The van der Waals surface area contributed by atoms with Crippen LogP contribution in [0.15, 0.2) is 29.4 Å². The van der Waals surface area contributed by atoms with Crippen LogP contribution in [0.2, 0.25) is 0 Å². The van der Waals surface area contributed by atoms with Gasteiger partial charge in [0, 0.05) is 12.0 Å². The Morgan fingerprint density at radius 2 is 2.42 bits per heavy atom. The van der Waals surface area contributed by atoms with Crippen LogP contribution in [0, 0.1) is 11.3 Å². The highest BCUT2D eigenvalue weighted by molar-refractivity contribution is 5.94. The normalized spacial score (nSPS) is 21.2. The minimum absolute atomic E-state index is 0.216. The molecule has 0 unspecified atom stereocenters. The summed E-state index contributed by atoms with van der Waals surface area (Å²) in [6.45, 7) is 4.17. The molecule has 1 heterocycles. The predicted octanol–water partition coefficient (Wildman–Crippen LogP) is 1.84. The molecule has 0 saturated heterocycles. The molecule has 0 bridgehead atoms. The first kappa shape index (κ1) is 13.1. The van der Waals surface area contributed by atoms with Gasteiger partial charge in [-0.05, 0) is 32.0 Å². The van der Waals surface area contributed by atoms with E-state index in [1.54, 1.807) is 24.3 Å². The summed E-state index contributed by atoms with van der Waals surface area (Å²) in [7, 11) is 0. The Labute approximate surface area is 111 Å². The Kier molecular flexibility index (Phi) is 3.52. The average molecular weight is 257 g/mol. The quantitative estimate of drug-likeness (QED) is 0.897. The van der Waals surface area contributed by atoms with E-state index in [0.29, 0.717) is 24.1 Å². The number of nitrogens with one attached hydrogen (secondary N) is 1. The summed E-state index contributed by atoms with van der Waals surface area (Å²) >= 11 is 0. The Hall–Kier alpha value is -2.35. The summed E-state index contributed by atoms with van der Waals surface area (Å²) in [6, 6.07) is 8.60. The van der Waals surface area contributed by atoms with Gasteiger partial charge in [0.05, 0.1) is 23.9 Å². The van der Waals surface area contributed by atoms with Crippen molar-refractivity contribution in [1.82, 2.24) is 5.32 Å². The molecule has 1 aromatic carbocycles. The number of carbonyl (C=O) groups is 1. The minimum Gasteiger partial charge on any atom is -0.387 e. The Bertz CT molecular complexity index is 574. The van der Waals surface area contributed by atoms with E-state index in [-0.39, 0.29) is 5.91 Å². The van der Waals surface area contributed by atoms with Crippen molar-refractivity contribution in [3.05, 3.63) is 35.4 Å². The number of rotatable bonds is 3. The van der Waals surface area contributed by atoms with Crippen LogP contribution in [0.3, 0.4) is 0 Å². The largest absolute Gasteiger partial charge is 0.387 e. The predicted molar refractivity (Wildman–Crippen MR) is 70.7 cm³/mol. The van der Waals surface area contributed by atoms with E-state index in [9.17, 15) is 4.79 Å². The molecule has 0 saturated carbocycles. The van der Waals surface area contributed by atoms with Gasteiger partial charge < -0.3 is 10.2 Å². The van der Waals surface area contributed by atoms with E-state index in [2.05, 4.69) is 10.5 Å². The topological polar surface area (TPSA) is 74.5 Å². The van der Waals surface area contributed by atoms with Crippen molar-refractivity contribution in [2.24, 2.45) is 5.16 Å². The van der Waals surface area contributed by atoms with Crippen molar-refractivity contribution in [1.29, 1.82) is 5.26 Å². The van der Waals surface area contributed by atoms with Gasteiger partial charge in [0.2, 0.25) is 0 Å². The van der Waals surface area contributed by atoms with Gasteiger partial charge in [0.25, 0.3) is 5.91 Å². The minimum atomic E-state index is -0.480. The van der Waals surface area contributed by atoms with Crippen molar-refractivity contribution in [2.75, 3.05) is 6.54 Å². The second-order valence-corrected chi connectivity index (χ2v) is 4.92. The first-order chi connectivity index (χ1) is 9.02. The van der Waals surface area contributed by atoms with Crippen LogP contribution in [-0.2, 0) is 4.84 Å². The second-order valence-electron chi connectivity index (χ2n) is 4.92. The van der Waals surface area contributed by atoms with E-state index in [4.69, 9.17) is 10.1 Å². The number of benzene rings is 1. The molecule has 1 aliphatic heterocycles. The summed E-state index contributed by atoms with van der Waals surface area (Å²) < 4.78 is 0. The molecule has 1 aromatic rings. The lowest BCUT2D eigenvalue weighted by molar-refractivity contribution is -0.00181. The first-order valence-corrected chi connectivity index (χ1v) is 6.02. The van der Waals surface area contributed by atoms with Crippen molar-refractivity contribution in [3.63, 3.8) is 0 Å². The molecule has 0 radical (unpaired) electrons. The van der Waals surface area contributed by atoms with Crippen LogP contribution < -0.4 is 5.32 Å². The van der Waals surface area contributed by atoms with E-state index < -0.39 is 5.60 Å². The van der Waals surface area contributed by atoms with E-state index in [0.717, 1.165) is 5.71 Å². The molecule has 1 amide bonds. The molecule has 0 fully saturated rings. The number of hydrogen-bond donors (Lipinski definition) is 1. The summed E-state index contributed by atoms with van der Waals surface area (Å²) in [5.74, 6) is -0.216. The Morgan fingerprint density at radius 1 is 1.63 bits per heavy atom. The van der Waals surface area contributed by atoms with Crippen LogP contribution in [0.1, 0.15) is 36.2 Å². The number of hydrogen-bond acceptors (Lipinski definition) is 4. The summed E-state index contributed by atoms with van der Waals surface area (Å²) in [5, 5.41) is 15.5. The summed E-state index contributed by atoms with van der Waals surface area (Å²) in [4.78, 5) is 17.3. The van der Waals surface area contributed by atoms with Crippen LogP contribution in [0.25, 0.3) is 0 Å². The molecule has 98 valence electrons. The van der Waals surface area contributed by atoms with Crippen LogP contribution >= 0.6 is 0 Å². The third-order valence-corrected chi connectivity index (χ3v) is 2.93.